The van der Waals surface area contributed by atoms with Crippen molar-refractivity contribution in [2.75, 3.05) is 19.7 Å². The molecule has 0 aromatic heterocycles. The number of aliphatic carboxylic acids is 1. The Balaban J connectivity index is 2.36. The lowest BCUT2D eigenvalue weighted by atomic mass is 9.97. The van der Waals surface area contributed by atoms with E-state index in [1.54, 1.807) is 32.6 Å². The third-order valence-electron chi connectivity index (χ3n) is 4.22. The second-order valence-electron chi connectivity index (χ2n) is 7.15. The maximum atomic E-state index is 12.1. The number of hydrogen-bond donors (Lipinski definition) is 2. The Morgan fingerprint density at radius 3 is 2.24 bits per heavy atom. The fraction of sp³-hybridized carbons (Fsp3) is 0.765. The number of carbonyl (C=O) groups excluding carboxylic acids is 3. The minimum atomic E-state index is -1.16. The van der Waals surface area contributed by atoms with Gasteiger partial charge in [-0.3, -0.25) is 14.4 Å². The van der Waals surface area contributed by atoms with E-state index >= 15 is 0 Å². The highest BCUT2D eigenvalue weighted by atomic mass is 16.5. The van der Waals surface area contributed by atoms with Gasteiger partial charge >= 0.3 is 11.9 Å². The van der Waals surface area contributed by atoms with Crippen LogP contribution < -0.4 is 5.32 Å². The van der Waals surface area contributed by atoms with Gasteiger partial charge < -0.3 is 20.1 Å². The Morgan fingerprint density at radius 2 is 1.76 bits per heavy atom. The molecule has 0 atom stereocenters. The maximum absolute atomic E-state index is 12.1. The molecule has 0 aliphatic carbocycles. The molecule has 1 aliphatic rings. The van der Waals surface area contributed by atoms with E-state index in [0.29, 0.717) is 25.9 Å². The van der Waals surface area contributed by atoms with Gasteiger partial charge in [0.2, 0.25) is 11.8 Å². The quantitative estimate of drug-likeness (QED) is 0.652. The first kappa shape index (κ1) is 20.9. The summed E-state index contributed by atoms with van der Waals surface area (Å²) in [5, 5.41) is 11.6. The van der Waals surface area contributed by atoms with Crippen molar-refractivity contribution in [1.82, 2.24) is 10.2 Å². The molecule has 1 aliphatic heterocycles. The van der Waals surface area contributed by atoms with E-state index < -0.39 is 23.4 Å². The normalized spacial score (nSPS) is 15.8. The number of carboxylic acids is 1. The topological polar surface area (TPSA) is 113 Å². The lowest BCUT2D eigenvalue weighted by molar-refractivity contribution is -0.154. The van der Waals surface area contributed by atoms with Crippen LogP contribution in [-0.4, -0.2) is 59.0 Å². The third-order valence-corrected chi connectivity index (χ3v) is 4.22. The van der Waals surface area contributed by atoms with E-state index in [1.165, 1.54) is 0 Å². The number of hydrogen-bond acceptors (Lipinski definition) is 5. The number of carbonyl (C=O) groups is 4. The van der Waals surface area contributed by atoms with E-state index in [-0.39, 0.29) is 30.8 Å². The van der Waals surface area contributed by atoms with Crippen LogP contribution in [0, 0.1) is 11.8 Å². The van der Waals surface area contributed by atoms with Gasteiger partial charge in [-0.25, -0.2) is 4.79 Å². The first-order valence-corrected chi connectivity index (χ1v) is 8.54. The molecule has 2 amide bonds. The average Bonchev–Trinajstić information content (AvgIpc) is 2.54. The van der Waals surface area contributed by atoms with Crippen LogP contribution in [0.3, 0.4) is 0 Å². The van der Waals surface area contributed by atoms with Crippen LogP contribution in [0.5, 0.6) is 0 Å². The van der Waals surface area contributed by atoms with Crippen LogP contribution in [0.1, 0.15) is 47.0 Å². The number of esters is 1. The number of nitrogens with one attached hydrogen (secondary N) is 1. The van der Waals surface area contributed by atoms with Gasteiger partial charge in [0.15, 0.2) is 0 Å². The summed E-state index contributed by atoms with van der Waals surface area (Å²) in [4.78, 5) is 48.4. The molecule has 0 bridgehead atoms. The number of nitrogens with zero attached hydrogens (tertiary/aromatic N) is 1. The van der Waals surface area contributed by atoms with Gasteiger partial charge in [0, 0.05) is 19.0 Å². The molecule has 0 aromatic carbocycles. The van der Waals surface area contributed by atoms with Gasteiger partial charge in [0.05, 0.1) is 12.3 Å². The van der Waals surface area contributed by atoms with E-state index in [4.69, 9.17) is 9.84 Å². The predicted molar refractivity (Wildman–Crippen MR) is 89.6 cm³/mol. The van der Waals surface area contributed by atoms with Gasteiger partial charge in [0.25, 0.3) is 0 Å². The van der Waals surface area contributed by atoms with E-state index in [9.17, 15) is 19.2 Å². The molecule has 0 unspecified atom stereocenters. The largest absolute Gasteiger partial charge is 0.481 e. The van der Waals surface area contributed by atoms with Crippen molar-refractivity contribution >= 4 is 23.8 Å². The molecule has 1 fully saturated rings. The van der Waals surface area contributed by atoms with Gasteiger partial charge in [-0.05, 0) is 26.7 Å². The average molecular weight is 356 g/mol. The van der Waals surface area contributed by atoms with E-state index in [0.717, 1.165) is 0 Å². The van der Waals surface area contributed by atoms with Crippen LogP contribution >= 0.6 is 0 Å². The maximum Gasteiger partial charge on any atom is 0.331 e. The minimum absolute atomic E-state index is 0.0394. The molecule has 0 saturated carbocycles. The van der Waals surface area contributed by atoms with Gasteiger partial charge in [-0.2, -0.15) is 0 Å². The Hall–Kier alpha value is -2.12. The Kier molecular flexibility index (Phi) is 7.38. The second-order valence-corrected chi connectivity index (χ2v) is 7.15. The molecule has 2 N–H and O–H groups in total. The summed E-state index contributed by atoms with van der Waals surface area (Å²) in [6, 6.07) is 0. The van der Waals surface area contributed by atoms with E-state index in [2.05, 4.69) is 5.32 Å². The van der Waals surface area contributed by atoms with Crippen molar-refractivity contribution in [3.05, 3.63) is 0 Å². The fourth-order valence-electron chi connectivity index (χ4n) is 2.45. The Bertz CT molecular complexity index is 521. The predicted octanol–water partition coefficient (Wildman–Crippen LogP) is 0.794. The van der Waals surface area contributed by atoms with Crippen molar-refractivity contribution in [2.24, 2.45) is 11.8 Å². The summed E-state index contributed by atoms with van der Waals surface area (Å²) in [7, 11) is 0. The zero-order valence-electron chi connectivity index (χ0n) is 15.3. The first-order chi connectivity index (χ1) is 11.5. The van der Waals surface area contributed by atoms with Crippen molar-refractivity contribution in [3.8, 4) is 0 Å². The van der Waals surface area contributed by atoms with Gasteiger partial charge in [-0.1, -0.05) is 13.8 Å². The second kappa shape index (κ2) is 8.82. The zero-order chi connectivity index (χ0) is 19.2. The highest BCUT2D eigenvalue weighted by Crippen LogP contribution is 2.18. The molecule has 1 saturated heterocycles. The molecule has 25 heavy (non-hydrogen) atoms. The Labute approximate surface area is 147 Å². The van der Waals surface area contributed by atoms with Crippen molar-refractivity contribution in [2.45, 2.75) is 52.5 Å². The third kappa shape index (κ3) is 6.36. The number of amides is 2. The zero-order valence-corrected chi connectivity index (χ0v) is 15.3. The summed E-state index contributed by atoms with van der Waals surface area (Å²) >= 11 is 0. The molecular formula is C17H28N2O6. The molecule has 142 valence electrons. The smallest absolute Gasteiger partial charge is 0.331 e. The molecule has 1 rings (SSSR count). The first-order valence-electron chi connectivity index (χ1n) is 8.54. The standard InChI is InChI=1S/C17H28N2O6/c1-11(2)14(21)18-17(3,4)16(24)25-10-7-13(20)19-8-5-12(6-9-19)15(22)23/h11-12H,5-10H2,1-4H3,(H,18,21)(H,22,23). The molecular weight excluding hydrogens is 328 g/mol. The summed E-state index contributed by atoms with van der Waals surface area (Å²) < 4.78 is 5.11. The number of rotatable bonds is 7. The number of ether oxygens (including phenoxy) is 1. The summed E-state index contributed by atoms with van der Waals surface area (Å²) in [5.74, 6) is -2.49. The molecule has 0 aromatic rings. The van der Waals surface area contributed by atoms with Crippen LogP contribution in [0.2, 0.25) is 0 Å². The van der Waals surface area contributed by atoms with Crippen LogP contribution in [-0.2, 0) is 23.9 Å². The Morgan fingerprint density at radius 1 is 1.20 bits per heavy atom. The van der Waals surface area contributed by atoms with Crippen LogP contribution in [0.4, 0.5) is 0 Å². The molecule has 8 nitrogen and oxygen atoms in total. The van der Waals surface area contributed by atoms with Gasteiger partial charge in [0.1, 0.15) is 12.1 Å². The van der Waals surface area contributed by atoms with Crippen molar-refractivity contribution in [1.29, 1.82) is 0 Å². The number of piperidine rings is 1. The highest BCUT2D eigenvalue weighted by molar-refractivity contribution is 5.88. The van der Waals surface area contributed by atoms with Gasteiger partial charge in [-0.15, -0.1) is 0 Å². The summed E-state index contributed by atoms with van der Waals surface area (Å²) in [6.45, 7) is 7.28. The summed E-state index contributed by atoms with van der Waals surface area (Å²) in [6.07, 6.45) is 0.919. The minimum Gasteiger partial charge on any atom is -0.481 e. The lowest BCUT2D eigenvalue weighted by Crippen LogP contribution is -2.52. The van der Waals surface area contributed by atoms with Crippen LogP contribution in [0.15, 0.2) is 0 Å². The van der Waals surface area contributed by atoms with Crippen LogP contribution in [0.25, 0.3) is 0 Å². The van der Waals surface area contributed by atoms with Crippen molar-refractivity contribution in [3.63, 3.8) is 0 Å². The lowest BCUT2D eigenvalue weighted by Gasteiger charge is -2.30. The molecule has 0 radical (unpaired) electrons. The SMILES string of the molecule is CC(C)C(=O)NC(C)(C)C(=O)OCCC(=O)N1CCC(C(=O)O)CC1. The molecule has 1 heterocycles. The highest BCUT2D eigenvalue weighted by Gasteiger charge is 2.32. The fourth-order valence-corrected chi connectivity index (χ4v) is 2.45. The summed E-state index contributed by atoms with van der Waals surface area (Å²) in [5.41, 5.74) is -1.16. The van der Waals surface area contributed by atoms with E-state index in [1.807, 2.05) is 0 Å². The molecule has 8 heteroatoms. The number of likely N-dealkylation sites (tertiary alicyclic amines) is 1. The molecule has 0 spiro atoms. The number of carboxylic acid groups (broad SMARTS) is 1. The monoisotopic (exact) mass is 356 g/mol. The van der Waals surface area contributed by atoms with Crippen molar-refractivity contribution < 1.29 is 29.0 Å².